The zero-order valence-corrected chi connectivity index (χ0v) is 13.4. The molecule has 0 radical (unpaired) electrons. The zero-order valence-electron chi connectivity index (χ0n) is 11.0. The van der Waals surface area contributed by atoms with Gasteiger partial charge in [0.05, 0.1) is 22.4 Å². The van der Waals surface area contributed by atoms with Crippen LogP contribution < -0.4 is 5.73 Å². The zero-order chi connectivity index (χ0) is 15.0. The van der Waals surface area contributed by atoms with Crippen molar-refractivity contribution in [2.45, 2.75) is 10.6 Å². The van der Waals surface area contributed by atoms with Crippen LogP contribution in [0.2, 0.25) is 10.0 Å². The molecule has 0 fully saturated rings. The Morgan fingerprint density at radius 2 is 2.10 bits per heavy atom. The van der Waals surface area contributed by atoms with Crippen LogP contribution in [-0.2, 0) is 12.8 Å². The summed E-state index contributed by atoms with van der Waals surface area (Å²) in [6.07, 6.45) is 1.66. The van der Waals surface area contributed by atoms with Crippen molar-refractivity contribution in [2.24, 2.45) is 7.05 Å². The average Bonchev–Trinajstić information content (AvgIpc) is 2.82. The first-order valence-electron chi connectivity index (χ1n) is 6.06. The number of benzene rings is 1. The van der Waals surface area contributed by atoms with Crippen LogP contribution in [0.4, 0.5) is 5.82 Å². The third-order valence-electron chi connectivity index (χ3n) is 2.92. The molecule has 3 aromatic rings. The number of nitrogens with zero attached hydrogens (tertiary/aromatic N) is 4. The molecule has 2 aromatic heterocycles. The number of nitrogen functional groups attached to an aromatic ring is 1. The topological polar surface area (TPSA) is 69.6 Å². The predicted molar refractivity (Wildman–Crippen MR) is 86.7 cm³/mol. The first kappa shape index (κ1) is 14.4. The summed E-state index contributed by atoms with van der Waals surface area (Å²) in [6, 6.07) is 5.34. The second-order valence-corrected chi connectivity index (χ2v) is 6.25. The maximum absolute atomic E-state index is 6.14. The molecule has 0 amide bonds. The highest BCUT2D eigenvalue weighted by Gasteiger charge is 2.10. The van der Waals surface area contributed by atoms with Gasteiger partial charge in [-0.1, -0.05) is 23.2 Å². The largest absolute Gasteiger partial charge is 0.383 e. The number of anilines is 1. The molecule has 0 aliphatic carbocycles. The van der Waals surface area contributed by atoms with E-state index >= 15 is 0 Å². The number of hydrogen-bond acceptors (Lipinski definition) is 5. The lowest BCUT2D eigenvalue weighted by Crippen LogP contribution is -2.01. The van der Waals surface area contributed by atoms with Gasteiger partial charge in [0.1, 0.15) is 11.6 Å². The molecule has 108 valence electrons. The number of rotatable bonds is 3. The summed E-state index contributed by atoms with van der Waals surface area (Å²) in [5, 5.41) is 6.18. The Morgan fingerprint density at radius 1 is 1.29 bits per heavy atom. The fraction of sp³-hybridized carbons (Fsp3) is 0.154. The van der Waals surface area contributed by atoms with Crippen LogP contribution in [0.25, 0.3) is 11.0 Å². The Labute approximate surface area is 135 Å². The molecule has 0 atom stereocenters. The standard InChI is InChI=1S/C13H11Cl2N5S/c1-20-13-8(5-17-20)12(16)18-11(19-13)6-21-10-4-7(14)2-3-9(10)15/h2-5H,6H2,1H3,(H2,16,18,19). The SMILES string of the molecule is Cn1ncc2c(N)nc(CSc3cc(Cl)ccc3Cl)nc21. The fourth-order valence-corrected chi connectivity index (χ4v) is 3.23. The van der Waals surface area contributed by atoms with Gasteiger partial charge in [-0.2, -0.15) is 5.10 Å². The summed E-state index contributed by atoms with van der Waals surface area (Å²) in [4.78, 5) is 9.66. The molecule has 5 nitrogen and oxygen atoms in total. The molecule has 2 N–H and O–H groups in total. The molecule has 2 heterocycles. The molecule has 1 aromatic carbocycles. The van der Waals surface area contributed by atoms with E-state index in [2.05, 4.69) is 15.1 Å². The minimum absolute atomic E-state index is 0.431. The van der Waals surface area contributed by atoms with E-state index in [-0.39, 0.29) is 0 Å². The number of fused-ring (bicyclic) bond motifs is 1. The molecule has 0 aliphatic heterocycles. The van der Waals surface area contributed by atoms with Crippen molar-refractivity contribution in [1.29, 1.82) is 0 Å². The Bertz CT molecular complexity index is 818. The highest BCUT2D eigenvalue weighted by atomic mass is 35.5. The lowest BCUT2D eigenvalue weighted by atomic mass is 10.4. The summed E-state index contributed by atoms with van der Waals surface area (Å²) in [6.45, 7) is 0. The van der Waals surface area contributed by atoms with Gasteiger partial charge >= 0.3 is 0 Å². The molecule has 0 saturated carbocycles. The maximum atomic E-state index is 6.14. The molecule has 3 rings (SSSR count). The molecule has 0 spiro atoms. The highest BCUT2D eigenvalue weighted by Crippen LogP contribution is 2.32. The lowest BCUT2D eigenvalue weighted by Gasteiger charge is -2.05. The minimum Gasteiger partial charge on any atom is -0.383 e. The van der Waals surface area contributed by atoms with E-state index in [1.54, 1.807) is 23.0 Å². The van der Waals surface area contributed by atoms with Crippen molar-refractivity contribution >= 4 is 51.8 Å². The van der Waals surface area contributed by atoms with Crippen molar-refractivity contribution in [3.8, 4) is 0 Å². The summed E-state index contributed by atoms with van der Waals surface area (Å²) in [5.41, 5.74) is 6.65. The molecule has 0 saturated heterocycles. The van der Waals surface area contributed by atoms with Gasteiger partial charge in [-0.25, -0.2) is 9.97 Å². The predicted octanol–water partition coefficient (Wildman–Crippen LogP) is 3.54. The second-order valence-electron chi connectivity index (χ2n) is 4.39. The van der Waals surface area contributed by atoms with Gasteiger partial charge in [-0.3, -0.25) is 4.68 Å². The van der Waals surface area contributed by atoms with Crippen molar-refractivity contribution in [1.82, 2.24) is 19.7 Å². The Hall–Kier alpha value is -1.50. The van der Waals surface area contributed by atoms with Crippen LogP contribution in [-0.4, -0.2) is 19.7 Å². The number of aromatic nitrogens is 4. The molecule has 0 unspecified atom stereocenters. The van der Waals surface area contributed by atoms with Gasteiger partial charge in [-0.05, 0) is 18.2 Å². The van der Waals surface area contributed by atoms with Crippen molar-refractivity contribution < 1.29 is 0 Å². The van der Waals surface area contributed by atoms with E-state index in [0.717, 1.165) is 15.9 Å². The number of hydrogen-bond donors (Lipinski definition) is 1. The van der Waals surface area contributed by atoms with Crippen LogP contribution >= 0.6 is 35.0 Å². The van der Waals surface area contributed by atoms with Gasteiger partial charge in [0.15, 0.2) is 5.65 Å². The third-order valence-corrected chi connectivity index (χ3v) is 4.65. The highest BCUT2D eigenvalue weighted by molar-refractivity contribution is 7.98. The maximum Gasteiger partial charge on any atom is 0.163 e. The molecular formula is C13H11Cl2N5S. The van der Waals surface area contributed by atoms with Crippen molar-refractivity contribution in [3.05, 3.63) is 40.3 Å². The number of thioether (sulfide) groups is 1. The third kappa shape index (κ3) is 2.92. The fourth-order valence-electron chi connectivity index (χ4n) is 1.89. The second kappa shape index (κ2) is 5.71. The van der Waals surface area contributed by atoms with Gasteiger partial charge in [0.25, 0.3) is 0 Å². The molecule has 21 heavy (non-hydrogen) atoms. The summed E-state index contributed by atoms with van der Waals surface area (Å²) >= 11 is 13.6. The van der Waals surface area contributed by atoms with Crippen LogP contribution in [0.1, 0.15) is 5.82 Å². The van der Waals surface area contributed by atoms with Gasteiger partial charge < -0.3 is 5.73 Å². The van der Waals surface area contributed by atoms with E-state index in [9.17, 15) is 0 Å². The molecule has 0 bridgehead atoms. The summed E-state index contributed by atoms with van der Waals surface area (Å²) in [7, 11) is 1.82. The molecule has 8 heteroatoms. The van der Waals surface area contributed by atoms with Crippen LogP contribution in [0.5, 0.6) is 0 Å². The first-order chi connectivity index (χ1) is 10.0. The van der Waals surface area contributed by atoms with Crippen LogP contribution in [0, 0.1) is 0 Å². The number of nitrogens with two attached hydrogens (primary N) is 1. The van der Waals surface area contributed by atoms with E-state index in [1.165, 1.54) is 11.8 Å². The van der Waals surface area contributed by atoms with Crippen molar-refractivity contribution in [3.63, 3.8) is 0 Å². The van der Waals surface area contributed by atoms with Crippen molar-refractivity contribution in [2.75, 3.05) is 5.73 Å². The molecular weight excluding hydrogens is 329 g/mol. The average molecular weight is 340 g/mol. The van der Waals surface area contributed by atoms with Gasteiger partial charge in [-0.15, -0.1) is 11.8 Å². The van der Waals surface area contributed by atoms with Crippen LogP contribution in [0.15, 0.2) is 29.3 Å². The number of aryl methyl sites for hydroxylation is 1. The number of halogens is 2. The van der Waals surface area contributed by atoms with E-state index in [1.807, 2.05) is 13.1 Å². The van der Waals surface area contributed by atoms with E-state index < -0.39 is 0 Å². The summed E-state index contributed by atoms with van der Waals surface area (Å²) < 4.78 is 1.67. The smallest absolute Gasteiger partial charge is 0.163 e. The monoisotopic (exact) mass is 339 g/mol. The first-order valence-corrected chi connectivity index (χ1v) is 7.80. The van der Waals surface area contributed by atoms with Crippen LogP contribution in [0.3, 0.4) is 0 Å². The van der Waals surface area contributed by atoms with Gasteiger partial charge in [0.2, 0.25) is 0 Å². The Morgan fingerprint density at radius 3 is 2.90 bits per heavy atom. The van der Waals surface area contributed by atoms with Gasteiger partial charge in [0, 0.05) is 17.0 Å². The Balaban J connectivity index is 1.88. The van der Waals surface area contributed by atoms with E-state index in [4.69, 9.17) is 28.9 Å². The van der Waals surface area contributed by atoms with E-state index in [0.29, 0.717) is 27.4 Å². The minimum atomic E-state index is 0.431. The normalized spacial score (nSPS) is 11.2. The quantitative estimate of drug-likeness (QED) is 0.739. The lowest BCUT2D eigenvalue weighted by molar-refractivity contribution is 0.782. The summed E-state index contributed by atoms with van der Waals surface area (Å²) in [5.74, 6) is 1.61. The Kier molecular flexibility index (Phi) is 3.93. The molecule has 0 aliphatic rings.